The Hall–Kier alpha value is -3.09. The average Bonchev–Trinajstić information content (AvgIpc) is 2.69. The Labute approximate surface area is 162 Å². The quantitative estimate of drug-likeness (QED) is 0.876. The van der Waals surface area contributed by atoms with Gasteiger partial charge in [0.05, 0.1) is 0 Å². The fraction of sp³-hybridized carbons (Fsp3) is 0.381. The highest BCUT2D eigenvalue weighted by Crippen LogP contribution is 2.35. The number of piperidine rings is 1. The molecular formula is C21H23N3O4. The summed E-state index contributed by atoms with van der Waals surface area (Å²) < 4.78 is 7.35. The molecule has 3 heterocycles. The SMILES string of the molecule is CC(=O)Nc1ccc2n(c1=O)C[C@H]1C[C@@H]2CN(C(=O)COc2ccccc2)C1. The van der Waals surface area contributed by atoms with Crippen LogP contribution in [0, 0.1) is 5.92 Å². The van der Waals surface area contributed by atoms with Gasteiger partial charge >= 0.3 is 0 Å². The van der Waals surface area contributed by atoms with Crippen molar-refractivity contribution in [1.82, 2.24) is 9.47 Å². The molecule has 2 aromatic rings. The lowest BCUT2D eigenvalue weighted by Crippen LogP contribution is -2.50. The summed E-state index contributed by atoms with van der Waals surface area (Å²) in [5.74, 6) is 0.716. The number of nitrogens with zero attached hydrogens (tertiary/aromatic N) is 2. The summed E-state index contributed by atoms with van der Waals surface area (Å²) >= 11 is 0. The zero-order valence-electron chi connectivity index (χ0n) is 15.8. The first-order chi connectivity index (χ1) is 13.5. The van der Waals surface area contributed by atoms with Crippen molar-refractivity contribution in [3.05, 3.63) is 58.5 Å². The Morgan fingerprint density at radius 1 is 1.11 bits per heavy atom. The molecule has 2 aliphatic heterocycles. The zero-order valence-corrected chi connectivity index (χ0v) is 15.8. The van der Waals surface area contributed by atoms with Crippen LogP contribution in [-0.4, -0.2) is 41.0 Å². The maximum atomic E-state index is 12.7. The van der Waals surface area contributed by atoms with Crippen LogP contribution in [0.2, 0.25) is 0 Å². The second kappa shape index (κ2) is 7.50. The molecule has 2 aliphatic rings. The second-order valence-electron chi connectivity index (χ2n) is 7.47. The van der Waals surface area contributed by atoms with Gasteiger partial charge in [-0.05, 0) is 36.6 Å². The van der Waals surface area contributed by atoms with Crippen LogP contribution in [0.25, 0.3) is 0 Å². The maximum Gasteiger partial charge on any atom is 0.274 e. The van der Waals surface area contributed by atoms with Gasteiger partial charge in [-0.1, -0.05) is 18.2 Å². The van der Waals surface area contributed by atoms with E-state index in [9.17, 15) is 14.4 Å². The van der Waals surface area contributed by atoms with E-state index in [2.05, 4.69) is 5.32 Å². The van der Waals surface area contributed by atoms with Crippen molar-refractivity contribution in [2.75, 3.05) is 25.0 Å². The number of anilines is 1. The number of fused-ring (bicyclic) bond motifs is 4. The molecule has 1 aromatic carbocycles. The van der Waals surface area contributed by atoms with Crippen LogP contribution in [0.3, 0.4) is 0 Å². The highest BCUT2D eigenvalue weighted by molar-refractivity contribution is 5.88. The van der Waals surface area contributed by atoms with Gasteiger partial charge in [0.1, 0.15) is 11.4 Å². The van der Waals surface area contributed by atoms with Crippen molar-refractivity contribution in [2.24, 2.45) is 5.92 Å². The van der Waals surface area contributed by atoms with Crippen LogP contribution in [0.1, 0.15) is 25.0 Å². The Balaban J connectivity index is 1.48. The van der Waals surface area contributed by atoms with Gasteiger partial charge in [0, 0.05) is 38.2 Å². The van der Waals surface area contributed by atoms with Gasteiger partial charge < -0.3 is 19.5 Å². The minimum Gasteiger partial charge on any atom is -0.484 e. The number of para-hydroxylation sites is 1. The number of rotatable bonds is 4. The smallest absolute Gasteiger partial charge is 0.274 e. The molecule has 28 heavy (non-hydrogen) atoms. The van der Waals surface area contributed by atoms with E-state index in [0.717, 1.165) is 12.1 Å². The molecule has 146 valence electrons. The summed E-state index contributed by atoms with van der Waals surface area (Å²) in [6.07, 6.45) is 0.961. The van der Waals surface area contributed by atoms with Gasteiger partial charge in [-0.2, -0.15) is 0 Å². The van der Waals surface area contributed by atoms with E-state index in [-0.39, 0.29) is 35.8 Å². The first-order valence-electron chi connectivity index (χ1n) is 9.48. The first-order valence-corrected chi connectivity index (χ1v) is 9.48. The third-order valence-electron chi connectivity index (χ3n) is 5.37. The molecule has 1 N–H and O–H groups in total. The molecule has 0 spiro atoms. The molecule has 7 heteroatoms. The summed E-state index contributed by atoms with van der Waals surface area (Å²) in [6.45, 7) is 3.15. The van der Waals surface area contributed by atoms with Crippen LogP contribution in [0.5, 0.6) is 5.75 Å². The van der Waals surface area contributed by atoms with Gasteiger partial charge in [-0.3, -0.25) is 14.4 Å². The van der Waals surface area contributed by atoms with Crippen LogP contribution < -0.4 is 15.6 Å². The van der Waals surface area contributed by atoms with Gasteiger partial charge in [0.2, 0.25) is 5.91 Å². The van der Waals surface area contributed by atoms with Crippen LogP contribution in [0.15, 0.2) is 47.3 Å². The molecule has 1 saturated heterocycles. The lowest BCUT2D eigenvalue weighted by molar-refractivity contribution is -0.136. The maximum absolute atomic E-state index is 12.7. The number of carbonyl (C=O) groups excluding carboxylic acids is 2. The van der Waals surface area contributed by atoms with E-state index < -0.39 is 0 Å². The molecule has 2 atom stereocenters. The summed E-state index contributed by atoms with van der Waals surface area (Å²) in [5.41, 5.74) is 1.06. The van der Waals surface area contributed by atoms with Crippen molar-refractivity contribution in [3.8, 4) is 5.75 Å². The highest BCUT2D eigenvalue weighted by Gasteiger charge is 2.36. The molecule has 2 amide bonds. The van der Waals surface area contributed by atoms with E-state index in [1.54, 1.807) is 10.6 Å². The van der Waals surface area contributed by atoms with E-state index >= 15 is 0 Å². The number of likely N-dealkylation sites (tertiary alicyclic amines) is 1. The van der Waals surface area contributed by atoms with Crippen molar-refractivity contribution < 1.29 is 14.3 Å². The number of carbonyl (C=O) groups is 2. The Bertz CT molecular complexity index is 954. The van der Waals surface area contributed by atoms with Gasteiger partial charge in [0.25, 0.3) is 11.5 Å². The second-order valence-corrected chi connectivity index (χ2v) is 7.47. The van der Waals surface area contributed by atoms with Gasteiger partial charge in [-0.25, -0.2) is 0 Å². The first kappa shape index (κ1) is 18.3. The molecule has 1 fully saturated rings. The summed E-state index contributed by atoms with van der Waals surface area (Å²) in [6, 6.07) is 12.8. The Kier molecular flexibility index (Phi) is 4.90. The Morgan fingerprint density at radius 2 is 1.89 bits per heavy atom. The molecule has 0 aliphatic carbocycles. The van der Waals surface area contributed by atoms with E-state index in [0.29, 0.717) is 31.1 Å². The summed E-state index contributed by atoms with van der Waals surface area (Å²) in [7, 11) is 0. The van der Waals surface area contributed by atoms with Crippen molar-refractivity contribution in [2.45, 2.75) is 25.8 Å². The minimum absolute atomic E-state index is 0.0116. The molecule has 4 rings (SSSR count). The number of amides is 2. The molecule has 7 nitrogen and oxygen atoms in total. The van der Waals surface area contributed by atoms with E-state index in [4.69, 9.17) is 4.74 Å². The highest BCUT2D eigenvalue weighted by atomic mass is 16.5. The van der Waals surface area contributed by atoms with Crippen molar-refractivity contribution in [3.63, 3.8) is 0 Å². The number of hydrogen-bond donors (Lipinski definition) is 1. The number of ether oxygens (including phenoxy) is 1. The number of aromatic nitrogens is 1. The molecule has 2 bridgehead atoms. The molecule has 0 saturated carbocycles. The number of hydrogen-bond acceptors (Lipinski definition) is 4. The standard InChI is InChI=1S/C21H23N3O4/c1-14(25)22-18-7-8-19-16-9-15(11-24(19)21(18)27)10-23(12-16)20(26)13-28-17-5-3-2-4-6-17/h2-8,15-16H,9-13H2,1H3,(H,22,25)/t15-,16+/m0/s1. The predicted molar refractivity (Wildman–Crippen MR) is 104 cm³/mol. The molecule has 1 aromatic heterocycles. The lowest BCUT2D eigenvalue weighted by atomic mass is 9.83. The van der Waals surface area contributed by atoms with Crippen LogP contribution in [0.4, 0.5) is 5.69 Å². The predicted octanol–water partition coefficient (Wildman–Crippen LogP) is 1.83. The third kappa shape index (κ3) is 3.65. The topological polar surface area (TPSA) is 80.6 Å². The third-order valence-corrected chi connectivity index (χ3v) is 5.37. The number of pyridine rings is 1. The van der Waals surface area contributed by atoms with Gasteiger partial charge in [0.15, 0.2) is 6.61 Å². The molecular weight excluding hydrogens is 358 g/mol. The Morgan fingerprint density at radius 3 is 2.64 bits per heavy atom. The zero-order chi connectivity index (χ0) is 19.7. The fourth-order valence-corrected chi connectivity index (χ4v) is 4.19. The number of nitrogens with one attached hydrogen (secondary N) is 1. The normalized spacial score (nSPS) is 20.2. The average molecular weight is 381 g/mol. The summed E-state index contributed by atoms with van der Waals surface area (Å²) in [5, 5.41) is 2.59. The van der Waals surface area contributed by atoms with Crippen LogP contribution >= 0.6 is 0 Å². The fourth-order valence-electron chi connectivity index (χ4n) is 4.19. The van der Waals surface area contributed by atoms with E-state index in [1.165, 1.54) is 6.92 Å². The minimum atomic E-state index is -0.260. The molecule has 0 radical (unpaired) electrons. The van der Waals surface area contributed by atoms with Gasteiger partial charge in [-0.15, -0.1) is 0 Å². The monoisotopic (exact) mass is 381 g/mol. The number of benzene rings is 1. The van der Waals surface area contributed by atoms with E-state index in [1.807, 2.05) is 41.3 Å². The largest absolute Gasteiger partial charge is 0.484 e. The summed E-state index contributed by atoms with van der Waals surface area (Å²) in [4.78, 5) is 38.5. The van der Waals surface area contributed by atoms with Crippen molar-refractivity contribution in [1.29, 1.82) is 0 Å². The molecule has 0 unspecified atom stereocenters. The lowest BCUT2D eigenvalue weighted by Gasteiger charge is -2.42. The van der Waals surface area contributed by atoms with Crippen LogP contribution in [-0.2, 0) is 16.1 Å². The van der Waals surface area contributed by atoms with Crippen molar-refractivity contribution >= 4 is 17.5 Å².